The summed E-state index contributed by atoms with van der Waals surface area (Å²) >= 11 is 0. The van der Waals surface area contributed by atoms with Crippen LogP contribution in [0, 0.1) is 0 Å². The molecule has 0 atom stereocenters. The first-order valence-corrected chi connectivity index (χ1v) is 7.67. The summed E-state index contributed by atoms with van der Waals surface area (Å²) in [4.78, 5) is 28.7. The van der Waals surface area contributed by atoms with E-state index in [1.165, 1.54) is 6.33 Å². The Morgan fingerprint density at radius 3 is 2.75 bits per heavy atom. The van der Waals surface area contributed by atoms with Gasteiger partial charge < -0.3 is 9.80 Å². The highest BCUT2D eigenvalue weighted by Crippen LogP contribution is 2.16. The van der Waals surface area contributed by atoms with Crippen LogP contribution in [0.25, 0.3) is 5.65 Å². The Morgan fingerprint density at radius 2 is 1.96 bits per heavy atom. The van der Waals surface area contributed by atoms with Crippen molar-refractivity contribution in [2.24, 2.45) is 0 Å². The SMILES string of the molecule is O=C(Nc1ccccn1)N1CCN(c2cncc3ncnn23)CC1. The van der Waals surface area contributed by atoms with E-state index in [9.17, 15) is 4.79 Å². The number of hydrogen-bond donors (Lipinski definition) is 1. The smallest absolute Gasteiger partial charge is 0.323 e. The normalized spacial score (nSPS) is 14.8. The number of aromatic nitrogens is 5. The van der Waals surface area contributed by atoms with E-state index in [2.05, 4.69) is 30.3 Å². The molecule has 1 N–H and O–H groups in total. The number of hydrogen-bond acceptors (Lipinski definition) is 6. The van der Waals surface area contributed by atoms with Crippen LogP contribution >= 0.6 is 0 Å². The summed E-state index contributed by atoms with van der Waals surface area (Å²) in [5.74, 6) is 1.44. The summed E-state index contributed by atoms with van der Waals surface area (Å²) in [6.07, 6.45) is 6.61. The molecule has 1 aliphatic rings. The third-order valence-electron chi connectivity index (χ3n) is 3.96. The van der Waals surface area contributed by atoms with Crippen LogP contribution in [-0.2, 0) is 0 Å². The molecule has 3 aromatic heterocycles. The van der Waals surface area contributed by atoms with Gasteiger partial charge in [-0.3, -0.25) is 10.3 Å². The molecule has 1 fully saturated rings. The highest BCUT2D eigenvalue weighted by Gasteiger charge is 2.23. The Kier molecular flexibility index (Phi) is 3.66. The van der Waals surface area contributed by atoms with Crippen LogP contribution in [-0.4, -0.2) is 61.7 Å². The number of piperazine rings is 1. The molecule has 122 valence electrons. The molecule has 2 amide bonds. The van der Waals surface area contributed by atoms with E-state index >= 15 is 0 Å². The van der Waals surface area contributed by atoms with Gasteiger partial charge in [0.2, 0.25) is 0 Å². The fraction of sp³-hybridized carbons (Fsp3) is 0.267. The van der Waals surface area contributed by atoms with Crippen LogP contribution in [0.2, 0.25) is 0 Å². The largest absolute Gasteiger partial charge is 0.352 e. The zero-order valence-corrected chi connectivity index (χ0v) is 12.9. The van der Waals surface area contributed by atoms with Crippen molar-refractivity contribution in [3.05, 3.63) is 43.1 Å². The molecule has 9 heteroatoms. The van der Waals surface area contributed by atoms with E-state index in [1.807, 2.05) is 12.1 Å². The van der Waals surface area contributed by atoms with Gasteiger partial charge in [-0.25, -0.2) is 14.8 Å². The van der Waals surface area contributed by atoms with E-state index in [0.29, 0.717) is 37.6 Å². The highest BCUT2D eigenvalue weighted by molar-refractivity contribution is 5.88. The number of carbonyl (C=O) groups is 1. The number of nitrogens with zero attached hydrogens (tertiary/aromatic N) is 7. The van der Waals surface area contributed by atoms with Crippen LogP contribution < -0.4 is 10.2 Å². The van der Waals surface area contributed by atoms with Gasteiger partial charge in [-0.15, -0.1) is 0 Å². The van der Waals surface area contributed by atoms with Crippen LogP contribution in [0.15, 0.2) is 43.1 Å². The van der Waals surface area contributed by atoms with Crippen molar-refractivity contribution in [2.75, 3.05) is 36.4 Å². The average Bonchev–Trinajstić information content (AvgIpc) is 3.11. The molecule has 4 heterocycles. The molecular weight excluding hydrogens is 308 g/mol. The lowest BCUT2D eigenvalue weighted by atomic mass is 10.3. The summed E-state index contributed by atoms with van der Waals surface area (Å²) in [6.45, 7) is 2.64. The maximum atomic E-state index is 12.3. The first-order valence-electron chi connectivity index (χ1n) is 7.67. The van der Waals surface area contributed by atoms with Gasteiger partial charge >= 0.3 is 6.03 Å². The molecule has 1 saturated heterocycles. The van der Waals surface area contributed by atoms with Crippen LogP contribution in [0.3, 0.4) is 0 Å². The molecule has 1 aliphatic heterocycles. The molecule has 0 bridgehead atoms. The first kappa shape index (κ1) is 14.4. The van der Waals surface area contributed by atoms with Gasteiger partial charge in [0.15, 0.2) is 11.5 Å². The van der Waals surface area contributed by atoms with Gasteiger partial charge in [0, 0.05) is 32.4 Å². The zero-order valence-electron chi connectivity index (χ0n) is 12.9. The molecule has 0 aromatic carbocycles. The van der Waals surface area contributed by atoms with Gasteiger partial charge in [-0.2, -0.15) is 9.61 Å². The Hall–Kier alpha value is -3.23. The van der Waals surface area contributed by atoms with E-state index in [1.54, 1.807) is 34.1 Å². The molecule has 9 nitrogen and oxygen atoms in total. The summed E-state index contributed by atoms with van der Waals surface area (Å²) in [6, 6.07) is 5.29. The number of anilines is 2. The lowest BCUT2D eigenvalue weighted by molar-refractivity contribution is 0.208. The van der Waals surface area contributed by atoms with Crippen molar-refractivity contribution in [1.82, 2.24) is 29.5 Å². The van der Waals surface area contributed by atoms with Gasteiger partial charge in [0.05, 0.1) is 12.4 Å². The van der Waals surface area contributed by atoms with Crippen LogP contribution in [0.1, 0.15) is 0 Å². The molecule has 0 aliphatic carbocycles. The Labute approximate surface area is 138 Å². The third-order valence-corrected chi connectivity index (χ3v) is 3.96. The van der Waals surface area contributed by atoms with Crippen molar-refractivity contribution >= 4 is 23.3 Å². The lowest BCUT2D eigenvalue weighted by Gasteiger charge is -2.35. The van der Waals surface area contributed by atoms with Gasteiger partial charge in [0.25, 0.3) is 0 Å². The predicted octanol–water partition coefficient (Wildman–Crippen LogP) is 0.873. The van der Waals surface area contributed by atoms with Gasteiger partial charge in [0.1, 0.15) is 12.1 Å². The van der Waals surface area contributed by atoms with E-state index in [4.69, 9.17) is 0 Å². The Bertz CT molecular complexity index is 841. The van der Waals surface area contributed by atoms with E-state index < -0.39 is 0 Å². The quantitative estimate of drug-likeness (QED) is 0.752. The number of pyridine rings is 1. The van der Waals surface area contributed by atoms with Crippen LogP contribution in [0.4, 0.5) is 16.4 Å². The van der Waals surface area contributed by atoms with Gasteiger partial charge in [-0.05, 0) is 12.1 Å². The molecular formula is C15H16N8O. The minimum Gasteiger partial charge on any atom is -0.352 e. The Balaban J connectivity index is 1.41. The van der Waals surface area contributed by atoms with Crippen molar-refractivity contribution in [3.63, 3.8) is 0 Å². The molecule has 24 heavy (non-hydrogen) atoms. The fourth-order valence-electron chi connectivity index (χ4n) is 2.72. The Morgan fingerprint density at radius 1 is 1.08 bits per heavy atom. The van der Waals surface area contributed by atoms with Gasteiger partial charge in [-0.1, -0.05) is 6.07 Å². The lowest BCUT2D eigenvalue weighted by Crippen LogP contribution is -2.50. The maximum absolute atomic E-state index is 12.3. The summed E-state index contributed by atoms with van der Waals surface area (Å²) in [5.41, 5.74) is 0.711. The number of fused-ring (bicyclic) bond motifs is 1. The summed E-state index contributed by atoms with van der Waals surface area (Å²) in [7, 11) is 0. The van der Waals surface area contributed by atoms with Crippen molar-refractivity contribution in [3.8, 4) is 0 Å². The molecule has 0 saturated carbocycles. The zero-order chi connectivity index (χ0) is 16.4. The molecule has 0 unspecified atom stereocenters. The fourth-order valence-corrected chi connectivity index (χ4v) is 2.72. The molecule has 0 radical (unpaired) electrons. The van der Waals surface area contributed by atoms with E-state index in [-0.39, 0.29) is 6.03 Å². The van der Waals surface area contributed by atoms with Crippen LogP contribution in [0.5, 0.6) is 0 Å². The number of rotatable bonds is 2. The number of urea groups is 1. The molecule has 4 rings (SSSR count). The number of carbonyl (C=O) groups excluding carboxylic acids is 1. The van der Waals surface area contributed by atoms with E-state index in [0.717, 1.165) is 5.82 Å². The second-order valence-corrected chi connectivity index (χ2v) is 5.41. The minimum absolute atomic E-state index is 0.134. The standard InChI is InChI=1S/C15H16N8O/c24-15(20-12-3-1-2-4-17-12)22-7-5-21(6-8-22)14-10-16-9-13-18-11-19-23(13)14/h1-4,9-11H,5-8H2,(H,17,20,24). The summed E-state index contributed by atoms with van der Waals surface area (Å²) < 4.78 is 1.76. The highest BCUT2D eigenvalue weighted by atomic mass is 16.2. The number of amides is 2. The third kappa shape index (κ3) is 2.71. The van der Waals surface area contributed by atoms with Crippen molar-refractivity contribution in [1.29, 1.82) is 0 Å². The topological polar surface area (TPSA) is 91.5 Å². The first-order chi connectivity index (χ1) is 11.8. The van der Waals surface area contributed by atoms with Crippen molar-refractivity contribution < 1.29 is 4.79 Å². The predicted molar refractivity (Wildman–Crippen MR) is 87.8 cm³/mol. The monoisotopic (exact) mass is 324 g/mol. The molecule has 0 spiro atoms. The summed E-state index contributed by atoms with van der Waals surface area (Å²) in [5, 5.41) is 7.04. The molecule has 3 aromatic rings. The van der Waals surface area contributed by atoms with Crippen molar-refractivity contribution in [2.45, 2.75) is 0 Å². The average molecular weight is 324 g/mol. The number of nitrogens with one attached hydrogen (secondary N) is 1. The minimum atomic E-state index is -0.134. The second kappa shape index (κ2) is 6.11. The second-order valence-electron chi connectivity index (χ2n) is 5.41. The maximum Gasteiger partial charge on any atom is 0.323 e.